The lowest BCUT2D eigenvalue weighted by atomic mass is 9.96. The summed E-state index contributed by atoms with van der Waals surface area (Å²) >= 11 is 3.58. The predicted octanol–water partition coefficient (Wildman–Crippen LogP) is 6.22. The summed E-state index contributed by atoms with van der Waals surface area (Å²) in [4.78, 5) is 15.5. The van der Waals surface area contributed by atoms with E-state index in [-0.39, 0.29) is 5.56 Å². The van der Waals surface area contributed by atoms with Crippen LogP contribution in [0.15, 0.2) is 65.4 Å². The van der Waals surface area contributed by atoms with Crippen molar-refractivity contribution < 1.29 is 19.4 Å². The number of aromatic carboxylic acids is 1. The maximum atomic E-state index is 11.4. The predicted molar refractivity (Wildman–Crippen MR) is 123 cm³/mol. The summed E-state index contributed by atoms with van der Waals surface area (Å²) in [6.07, 6.45) is 5.91. The van der Waals surface area contributed by atoms with E-state index in [2.05, 4.69) is 27.0 Å². The van der Waals surface area contributed by atoms with Crippen molar-refractivity contribution in [1.29, 1.82) is 0 Å². The minimum atomic E-state index is -0.972. The first kappa shape index (κ1) is 21.1. The van der Waals surface area contributed by atoms with Gasteiger partial charge in [-0.05, 0) is 77.9 Å². The Morgan fingerprint density at radius 3 is 2.58 bits per heavy atom. The van der Waals surface area contributed by atoms with E-state index in [1.165, 1.54) is 11.8 Å². The van der Waals surface area contributed by atoms with E-state index < -0.39 is 5.97 Å². The Balaban J connectivity index is 1.67. The van der Waals surface area contributed by atoms with Crippen molar-refractivity contribution in [2.75, 3.05) is 7.11 Å². The van der Waals surface area contributed by atoms with Gasteiger partial charge in [0.05, 0.1) is 12.7 Å². The maximum absolute atomic E-state index is 11.4. The zero-order valence-electron chi connectivity index (χ0n) is 17.1. The molecule has 3 aromatic rings. The van der Waals surface area contributed by atoms with Crippen LogP contribution < -0.4 is 9.47 Å². The Morgan fingerprint density at radius 2 is 1.84 bits per heavy atom. The Bertz CT molecular complexity index is 1140. The number of methoxy groups -OCH3 is 1. The zero-order chi connectivity index (χ0) is 21.8. The first-order valence-corrected chi connectivity index (χ1v) is 10.8. The number of carboxylic acid groups (broad SMARTS) is 1. The van der Waals surface area contributed by atoms with Crippen molar-refractivity contribution in [2.24, 2.45) is 0 Å². The smallest absolute Gasteiger partial charge is 0.337 e. The standard InChI is InChI=1S/C25H22BrNO4/c1-30-20-8-5-16(6-9-20)15-31-24-10-7-19(26)12-23(24)22-4-2-3-21(22)17-11-18(25(28)29)14-27-13-17/h5-14H,2-4,15H2,1H3,(H,28,29). The maximum Gasteiger partial charge on any atom is 0.337 e. The number of aromatic nitrogens is 1. The average Bonchev–Trinajstić information content (AvgIpc) is 3.28. The number of carboxylic acids is 1. The summed E-state index contributed by atoms with van der Waals surface area (Å²) in [5.41, 5.74) is 5.43. The highest BCUT2D eigenvalue weighted by molar-refractivity contribution is 9.10. The number of allylic oxidation sites excluding steroid dienone is 2. The number of hydrogen-bond donors (Lipinski definition) is 1. The summed E-state index contributed by atoms with van der Waals surface area (Å²) in [6, 6.07) is 15.5. The summed E-state index contributed by atoms with van der Waals surface area (Å²) < 4.78 is 12.4. The van der Waals surface area contributed by atoms with Crippen LogP contribution in [0.5, 0.6) is 11.5 Å². The molecule has 1 aliphatic carbocycles. The van der Waals surface area contributed by atoms with Crippen LogP contribution in [-0.2, 0) is 6.61 Å². The summed E-state index contributed by atoms with van der Waals surface area (Å²) in [5.74, 6) is 0.641. The van der Waals surface area contributed by atoms with Gasteiger partial charge in [-0.1, -0.05) is 28.1 Å². The number of nitrogens with zero attached hydrogens (tertiary/aromatic N) is 1. The van der Waals surface area contributed by atoms with Gasteiger partial charge in [0.15, 0.2) is 0 Å². The van der Waals surface area contributed by atoms with Crippen LogP contribution in [0.2, 0.25) is 0 Å². The molecule has 6 heteroatoms. The Kier molecular flexibility index (Phi) is 6.37. The van der Waals surface area contributed by atoms with Crippen molar-refractivity contribution in [3.05, 3.63) is 87.7 Å². The third-order valence-electron chi connectivity index (χ3n) is 5.37. The normalized spacial score (nSPS) is 13.4. The third-order valence-corrected chi connectivity index (χ3v) is 5.86. The highest BCUT2D eigenvalue weighted by atomic mass is 79.9. The SMILES string of the molecule is COc1ccc(COc2ccc(Br)cc2C2=C(c3cncc(C(=O)O)c3)CCC2)cc1. The Labute approximate surface area is 189 Å². The second kappa shape index (κ2) is 9.35. The molecule has 0 spiro atoms. The highest BCUT2D eigenvalue weighted by Crippen LogP contribution is 2.43. The molecular weight excluding hydrogens is 458 g/mol. The van der Waals surface area contributed by atoms with Crippen molar-refractivity contribution in [3.63, 3.8) is 0 Å². The van der Waals surface area contributed by atoms with E-state index in [4.69, 9.17) is 9.47 Å². The molecule has 0 radical (unpaired) electrons. The van der Waals surface area contributed by atoms with Gasteiger partial charge in [0, 0.05) is 22.4 Å². The van der Waals surface area contributed by atoms with Crippen molar-refractivity contribution in [2.45, 2.75) is 25.9 Å². The van der Waals surface area contributed by atoms with E-state index in [1.54, 1.807) is 19.4 Å². The topological polar surface area (TPSA) is 68.7 Å². The summed E-state index contributed by atoms with van der Waals surface area (Å²) in [6.45, 7) is 0.442. The largest absolute Gasteiger partial charge is 0.497 e. The van der Waals surface area contributed by atoms with Crippen LogP contribution in [0.25, 0.3) is 11.1 Å². The molecule has 0 aliphatic heterocycles. The molecule has 0 bridgehead atoms. The highest BCUT2D eigenvalue weighted by Gasteiger charge is 2.22. The second-order valence-electron chi connectivity index (χ2n) is 7.36. The molecule has 0 fully saturated rings. The van der Waals surface area contributed by atoms with E-state index >= 15 is 0 Å². The van der Waals surface area contributed by atoms with Crippen molar-refractivity contribution in [1.82, 2.24) is 4.98 Å². The molecule has 1 heterocycles. The number of hydrogen-bond acceptors (Lipinski definition) is 4. The molecule has 2 aromatic carbocycles. The average molecular weight is 480 g/mol. The number of ether oxygens (including phenoxy) is 2. The molecule has 31 heavy (non-hydrogen) atoms. The summed E-state index contributed by atoms with van der Waals surface area (Å²) in [5, 5.41) is 9.34. The molecule has 158 valence electrons. The fourth-order valence-corrected chi connectivity index (χ4v) is 4.19. The number of halogens is 1. The van der Waals surface area contributed by atoms with Crippen LogP contribution in [0.4, 0.5) is 0 Å². The van der Waals surface area contributed by atoms with E-state index in [0.29, 0.717) is 6.61 Å². The quantitative estimate of drug-likeness (QED) is 0.435. The lowest BCUT2D eigenvalue weighted by Crippen LogP contribution is -2.00. The molecule has 0 saturated carbocycles. The molecule has 0 saturated heterocycles. The van der Waals surface area contributed by atoms with Gasteiger partial charge < -0.3 is 14.6 Å². The van der Waals surface area contributed by atoms with Gasteiger partial charge in [0.2, 0.25) is 0 Å². The fourth-order valence-electron chi connectivity index (χ4n) is 3.83. The van der Waals surface area contributed by atoms with E-state index in [0.717, 1.165) is 57.5 Å². The van der Waals surface area contributed by atoms with Crippen LogP contribution in [0.1, 0.15) is 46.3 Å². The Morgan fingerprint density at radius 1 is 1.06 bits per heavy atom. The van der Waals surface area contributed by atoms with Crippen molar-refractivity contribution in [3.8, 4) is 11.5 Å². The molecule has 1 aromatic heterocycles. The Hall–Kier alpha value is -3.12. The zero-order valence-corrected chi connectivity index (χ0v) is 18.7. The number of benzene rings is 2. The van der Waals surface area contributed by atoms with Gasteiger partial charge in [0.25, 0.3) is 0 Å². The molecular formula is C25H22BrNO4. The van der Waals surface area contributed by atoms with E-state index in [9.17, 15) is 9.90 Å². The first-order valence-electron chi connectivity index (χ1n) is 10.0. The van der Waals surface area contributed by atoms with Gasteiger partial charge in [-0.2, -0.15) is 0 Å². The van der Waals surface area contributed by atoms with E-state index in [1.807, 2.05) is 36.4 Å². The number of pyridine rings is 1. The van der Waals surface area contributed by atoms with Gasteiger partial charge in [-0.15, -0.1) is 0 Å². The summed E-state index contributed by atoms with van der Waals surface area (Å²) in [7, 11) is 1.65. The van der Waals surface area contributed by atoms with Crippen LogP contribution in [0.3, 0.4) is 0 Å². The van der Waals surface area contributed by atoms with Gasteiger partial charge in [0.1, 0.15) is 18.1 Å². The van der Waals surface area contributed by atoms with Gasteiger partial charge in [-0.3, -0.25) is 4.98 Å². The molecule has 4 rings (SSSR count). The van der Waals surface area contributed by atoms with Crippen LogP contribution in [0, 0.1) is 0 Å². The number of rotatable bonds is 7. The molecule has 0 unspecified atom stereocenters. The molecule has 1 aliphatic rings. The lowest BCUT2D eigenvalue weighted by Gasteiger charge is -2.15. The first-order chi connectivity index (χ1) is 15.0. The van der Waals surface area contributed by atoms with Crippen LogP contribution in [-0.4, -0.2) is 23.2 Å². The lowest BCUT2D eigenvalue weighted by molar-refractivity contribution is 0.0696. The fraction of sp³-hybridized carbons (Fsp3) is 0.200. The van der Waals surface area contributed by atoms with Gasteiger partial charge >= 0.3 is 5.97 Å². The molecule has 0 atom stereocenters. The monoisotopic (exact) mass is 479 g/mol. The molecule has 5 nitrogen and oxygen atoms in total. The molecule has 0 amide bonds. The minimum Gasteiger partial charge on any atom is -0.497 e. The van der Waals surface area contributed by atoms with Crippen molar-refractivity contribution >= 4 is 33.0 Å². The second-order valence-corrected chi connectivity index (χ2v) is 8.27. The number of carbonyl (C=O) groups is 1. The molecule has 1 N–H and O–H groups in total. The van der Waals surface area contributed by atoms with Gasteiger partial charge in [-0.25, -0.2) is 4.79 Å². The minimum absolute atomic E-state index is 0.196. The third kappa shape index (κ3) is 4.80. The van der Waals surface area contributed by atoms with Crippen LogP contribution >= 0.6 is 15.9 Å².